The van der Waals surface area contributed by atoms with Crippen LogP contribution < -0.4 is 26.4 Å². The Morgan fingerprint density at radius 1 is 0.355 bits per heavy atom. The number of alkyl halides is 24. The highest BCUT2D eigenvalue weighted by atomic mass is 79.9. The zero-order valence-corrected chi connectivity index (χ0v) is 39.3. The predicted molar refractivity (Wildman–Crippen MR) is 233 cm³/mol. The van der Waals surface area contributed by atoms with Gasteiger partial charge in [0.25, 0.3) is 5.01 Å². The van der Waals surface area contributed by atoms with E-state index in [9.17, 15) is 105 Å². The Morgan fingerprint density at radius 3 is 0.868 bits per heavy atom. The molecule has 0 radical (unpaired) electrons. The molecule has 0 aliphatic carbocycles. The predicted octanol–water partition coefficient (Wildman–Crippen LogP) is 15.7. The largest absolute Gasteiger partial charge is 0.416 e. The molecule has 0 unspecified atom stereocenters. The minimum atomic E-state index is -6.13. The van der Waals surface area contributed by atoms with Gasteiger partial charge in [-0.05, 0) is 48.5 Å². The first-order valence-electron chi connectivity index (χ1n) is 20.7. The summed E-state index contributed by atoms with van der Waals surface area (Å²) in [6.45, 7) is 0.912. The van der Waals surface area contributed by atoms with E-state index in [0.717, 1.165) is 11.0 Å². The average Bonchev–Trinajstić information content (AvgIpc) is 3.75. The summed E-state index contributed by atoms with van der Waals surface area (Å²) < 4.78 is 344. The second-order valence-electron chi connectivity index (χ2n) is 16.6. The molecule has 0 spiro atoms. The Morgan fingerprint density at radius 2 is 0.618 bits per heavy atom. The van der Waals surface area contributed by atoms with Crippen molar-refractivity contribution in [2.75, 3.05) is 0 Å². The Hall–Kier alpha value is -6.19. The highest BCUT2D eigenvalue weighted by Gasteiger charge is 2.47. The summed E-state index contributed by atoms with van der Waals surface area (Å²) >= 11 is 5.25. The summed E-state index contributed by atoms with van der Waals surface area (Å²) in [5.41, 5.74) is -27.6. The molecule has 6 aromatic carbocycles. The summed E-state index contributed by atoms with van der Waals surface area (Å²) in [6.07, 6.45) is -52.7. The lowest BCUT2D eigenvalue weighted by atomic mass is 9.12. The van der Waals surface area contributed by atoms with Crippen LogP contribution in [-0.4, -0.2) is 6.15 Å². The van der Waals surface area contributed by atoms with E-state index in [2.05, 4.69) is 86.7 Å². The third-order valence-electron chi connectivity index (χ3n) is 11.4. The third kappa shape index (κ3) is 13.5. The molecule has 1 nitrogen and oxygen atoms in total. The van der Waals surface area contributed by atoms with Gasteiger partial charge in [-0.3, -0.25) is 0 Å². The highest BCUT2D eigenvalue weighted by molar-refractivity contribution is 9.10. The quantitative estimate of drug-likeness (QED) is 0.0851. The fraction of sp³-hybridized carbons (Fsp3) is 0.188. The van der Waals surface area contributed by atoms with Gasteiger partial charge in [-0.1, -0.05) is 106 Å². The molecule has 28 heteroatoms. The van der Waals surface area contributed by atoms with Crippen molar-refractivity contribution in [3.63, 3.8) is 0 Å². The topological polar surface area (TPSA) is 3.88 Å². The Balaban J connectivity index is 0.000000408. The highest BCUT2D eigenvalue weighted by Crippen LogP contribution is 2.41. The van der Waals surface area contributed by atoms with Crippen molar-refractivity contribution in [2.24, 2.45) is 0 Å². The minimum Gasteiger partial charge on any atom is -0.194 e. The Bertz CT molecular complexity index is 2740. The molecule has 0 amide bonds. The summed E-state index contributed by atoms with van der Waals surface area (Å²) in [7, 11) is 0. The van der Waals surface area contributed by atoms with Crippen molar-refractivity contribution in [1.82, 2.24) is 0 Å². The van der Waals surface area contributed by atoms with Crippen LogP contribution in [0.1, 0.15) is 50.1 Å². The third-order valence-corrected chi connectivity index (χ3v) is 12.9. The van der Waals surface area contributed by atoms with E-state index in [1.165, 1.54) is 16.1 Å². The van der Waals surface area contributed by atoms with E-state index in [-0.39, 0.29) is 0 Å². The number of thiazole rings is 1. The average molecular weight is 1190 g/mol. The van der Waals surface area contributed by atoms with Crippen LogP contribution in [-0.2, 0) is 56.0 Å². The molecule has 0 aliphatic heterocycles. The lowest BCUT2D eigenvalue weighted by molar-refractivity contribution is -0.673. The van der Waals surface area contributed by atoms with Gasteiger partial charge in [0.2, 0.25) is 0 Å². The molecule has 1 heterocycles. The summed E-state index contributed by atoms with van der Waals surface area (Å²) in [4.78, 5) is 0. The molecular weight excluding hydrogens is 1170 g/mol. The first kappa shape index (κ1) is 59.1. The van der Waals surface area contributed by atoms with E-state index in [4.69, 9.17) is 0 Å². The molecule has 0 aliphatic rings. The van der Waals surface area contributed by atoms with Crippen LogP contribution in [0.4, 0.5) is 105 Å². The van der Waals surface area contributed by atoms with E-state index in [1.807, 2.05) is 0 Å². The molecule has 0 fully saturated rings. The maximum absolute atomic E-state index is 14.2. The second-order valence-corrected chi connectivity index (χ2v) is 18.4. The van der Waals surface area contributed by atoms with Crippen molar-refractivity contribution >= 4 is 55.3 Å². The number of nitrogens with zero attached hydrogens (tertiary/aromatic N) is 1. The molecule has 0 saturated carbocycles. The van der Waals surface area contributed by atoms with Crippen molar-refractivity contribution in [3.8, 4) is 10.6 Å². The molecule has 406 valence electrons. The van der Waals surface area contributed by atoms with Crippen molar-refractivity contribution in [3.05, 3.63) is 194 Å². The number of halogens is 25. The first-order valence-corrected chi connectivity index (χ1v) is 22.4. The maximum atomic E-state index is 14.2. The molecule has 0 N–H and O–H groups in total. The number of hydrogen-bond acceptors (Lipinski definition) is 1. The lowest BCUT2D eigenvalue weighted by Crippen LogP contribution is -2.75. The monoisotopic (exact) mass is 1190 g/mol. The zero-order valence-electron chi connectivity index (χ0n) is 36.9. The fourth-order valence-electron chi connectivity index (χ4n) is 8.11. The van der Waals surface area contributed by atoms with Gasteiger partial charge in [0.15, 0.2) is 12.7 Å². The van der Waals surface area contributed by atoms with E-state index >= 15 is 0 Å². The molecule has 7 rings (SSSR count). The molecule has 0 bridgehead atoms. The van der Waals surface area contributed by atoms with E-state index in [1.54, 1.807) is 11.3 Å². The number of hydrogen-bond donors (Lipinski definition) is 0. The van der Waals surface area contributed by atoms with Crippen LogP contribution in [0.25, 0.3) is 10.6 Å². The summed E-state index contributed by atoms with van der Waals surface area (Å²) in [6, 6.07) is 10.2. The van der Waals surface area contributed by atoms with E-state index < -0.39 is 195 Å². The van der Waals surface area contributed by atoms with Crippen molar-refractivity contribution in [1.29, 1.82) is 0 Å². The van der Waals surface area contributed by atoms with Crippen LogP contribution in [0.2, 0.25) is 0 Å². The standard InChI is InChI=1S/C32H12BF24.C16H13BrNS/c34-25(35,36)13-1-14(26(37,38)39)6-21(5-13)33(22-7-15(27(40,41)42)2-16(8-22)28(43,44)45,23-9-17(29(46,47)48)3-18(10-23)30(49,50)51)24-11-19(31(52,53)54)4-20(12-24)32(55,56)57;17-15-8-6-14(7-9-15)16-18(10-11-19-16)12-13-4-2-1-3-5-13/h1-12H;1-11H,12H2/q-1;+1. The van der Waals surface area contributed by atoms with Crippen LogP contribution in [0.3, 0.4) is 0 Å². The SMILES string of the molecule is Brc1ccc(-c2scc[n+]2Cc2ccccc2)cc1.FC(F)(F)c1cc([B-](c2cc(C(F)(F)F)cc(C(F)(F)F)c2)(c2cc(C(F)(F)F)cc(C(F)(F)F)c2)c2cc(C(F)(F)F)cc(C(F)(F)F)c2)cc(C(F)(F)F)c1. The molecule has 1 aromatic heterocycles. The van der Waals surface area contributed by atoms with Gasteiger partial charge in [-0.2, -0.15) is 132 Å². The van der Waals surface area contributed by atoms with Gasteiger partial charge < -0.3 is 0 Å². The minimum absolute atomic E-state index is 0.691. The van der Waals surface area contributed by atoms with Gasteiger partial charge in [0.05, 0.1) is 55.5 Å². The number of rotatable bonds is 7. The van der Waals surface area contributed by atoms with Gasteiger partial charge in [-0.15, -0.1) is 0 Å². The van der Waals surface area contributed by atoms with E-state index in [0.29, 0.717) is 0 Å². The van der Waals surface area contributed by atoms with Crippen molar-refractivity contribution < 1.29 is 110 Å². The van der Waals surface area contributed by atoms with Gasteiger partial charge in [0, 0.05) is 10.0 Å². The second kappa shape index (κ2) is 20.6. The number of aromatic nitrogens is 1. The first-order chi connectivity index (χ1) is 34.6. The molecule has 7 aromatic rings. The molecular formula is C48H25BBrF24NS. The van der Waals surface area contributed by atoms with Gasteiger partial charge >= 0.3 is 49.4 Å². The summed E-state index contributed by atoms with van der Waals surface area (Å²) in [5, 5.41) is 3.43. The summed E-state index contributed by atoms with van der Waals surface area (Å²) in [5.74, 6) is 0. The maximum Gasteiger partial charge on any atom is 0.416 e. The molecule has 0 saturated heterocycles. The molecule has 76 heavy (non-hydrogen) atoms. The van der Waals surface area contributed by atoms with Crippen LogP contribution in [0, 0.1) is 0 Å². The van der Waals surface area contributed by atoms with Crippen molar-refractivity contribution in [2.45, 2.75) is 56.0 Å². The van der Waals surface area contributed by atoms with Crippen LogP contribution in [0.5, 0.6) is 0 Å². The smallest absolute Gasteiger partial charge is 0.194 e. The Labute approximate surface area is 424 Å². The fourth-order valence-corrected chi connectivity index (χ4v) is 9.24. The molecule has 0 atom stereocenters. The Kier molecular flexibility index (Phi) is 16.0. The van der Waals surface area contributed by atoms with Crippen LogP contribution >= 0.6 is 27.3 Å². The number of benzene rings is 6. The zero-order chi connectivity index (χ0) is 57.0. The van der Waals surface area contributed by atoms with Gasteiger partial charge in [0.1, 0.15) is 6.15 Å². The lowest BCUT2D eigenvalue weighted by Gasteiger charge is -2.46. The van der Waals surface area contributed by atoms with Crippen LogP contribution in [0.15, 0.2) is 143 Å². The van der Waals surface area contributed by atoms with Gasteiger partial charge in [-0.25, -0.2) is 0 Å². The normalized spacial score (nSPS) is 13.4.